The monoisotopic (exact) mass is 313 g/mol. The molecule has 0 fully saturated rings. The Kier molecular flexibility index (Phi) is 3.67. The highest BCUT2D eigenvalue weighted by Crippen LogP contribution is 2.21. The molecule has 22 heavy (non-hydrogen) atoms. The molecule has 7 nitrogen and oxygen atoms in total. The lowest BCUT2D eigenvalue weighted by molar-refractivity contribution is -0.384. The molecule has 0 saturated heterocycles. The van der Waals surface area contributed by atoms with Crippen LogP contribution in [0.1, 0.15) is 0 Å². The smallest absolute Gasteiger partial charge is 0.269 e. The lowest BCUT2D eigenvalue weighted by atomic mass is 10.2. The van der Waals surface area contributed by atoms with Crippen molar-refractivity contribution in [3.05, 3.63) is 69.5 Å². The molecule has 0 radical (unpaired) electrons. The van der Waals surface area contributed by atoms with E-state index in [0.717, 1.165) is 5.69 Å². The quantitative estimate of drug-likeness (QED) is 0.438. The van der Waals surface area contributed by atoms with Crippen LogP contribution in [0.4, 0.5) is 11.4 Å². The highest BCUT2D eigenvalue weighted by atomic mass is 32.1. The predicted octanol–water partition coefficient (Wildman–Crippen LogP) is 3.39. The topological polar surface area (TPSA) is 88.8 Å². The molecule has 0 saturated carbocycles. The number of para-hydroxylation sites is 1. The lowest BCUT2D eigenvalue weighted by Gasteiger charge is -2.09. The summed E-state index contributed by atoms with van der Waals surface area (Å²) in [5, 5.41) is 17.6. The first kappa shape index (κ1) is 14.0. The van der Waals surface area contributed by atoms with Crippen molar-refractivity contribution in [3.8, 4) is 11.4 Å². The van der Waals surface area contributed by atoms with Gasteiger partial charge in [-0.25, -0.2) is 9.77 Å². The van der Waals surface area contributed by atoms with Crippen molar-refractivity contribution in [3.63, 3.8) is 0 Å². The van der Waals surface area contributed by atoms with Crippen molar-refractivity contribution < 1.29 is 4.92 Å². The summed E-state index contributed by atoms with van der Waals surface area (Å²) in [6.07, 6.45) is 0. The first-order chi connectivity index (χ1) is 10.6. The minimum absolute atomic E-state index is 0.0282. The number of hydrogen-bond acceptors (Lipinski definition) is 5. The number of nitro benzene ring substituents is 1. The van der Waals surface area contributed by atoms with Gasteiger partial charge in [-0.15, -0.1) is 0 Å². The van der Waals surface area contributed by atoms with E-state index in [0.29, 0.717) is 16.2 Å². The van der Waals surface area contributed by atoms with E-state index < -0.39 is 4.92 Å². The molecule has 0 atom stereocenters. The predicted molar refractivity (Wildman–Crippen MR) is 85.0 cm³/mol. The molecule has 110 valence electrons. The molecule has 1 aromatic heterocycles. The third-order valence-corrected chi connectivity index (χ3v) is 3.30. The minimum atomic E-state index is -0.441. The van der Waals surface area contributed by atoms with Crippen LogP contribution in [0.5, 0.6) is 0 Å². The van der Waals surface area contributed by atoms with Gasteiger partial charge in [0.05, 0.1) is 10.6 Å². The highest BCUT2D eigenvalue weighted by Gasteiger charge is 2.11. The van der Waals surface area contributed by atoms with E-state index in [1.165, 1.54) is 12.1 Å². The molecule has 1 heterocycles. The van der Waals surface area contributed by atoms with Crippen LogP contribution in [-0.2, 0) is 0 Å². The Morgan fingerprint density at radius 3 is 2.45 bits per heavy atom. The molecule has 0 aliphatic rings. The van der Waals surface area contributed by atoms with Crippen LogP contribution in [0.25, 0.3) is 11.4 Å². The van der Waals surface area contributed by atoms with E-state index >= 15 is 0 Å². The van der Waals surface area contributed by atoms with Crippen LogP contribution in [0.3, 0.4) is 0 Å². The van der Waals surface area contributed by atoms with Gasteiger partial charge in [0, 0.05) is 17.7 Å². The summed E-state index contributed by atoms with van der Waals surface area (Å²) < 4.78 is 2.02. The van der Waals surface area contributed by atoms with Crippen LogP contribution < -0.4 is 5.43 Å². The van der Waals surface area contributed by atoms with Gasteiger partial charge >= 0.3 is 0 Å². The molecule has 0 spiro atoms. The molecule has 0 aliphatic heterocycles. The van der Waals surface area contributed by atoms with E-state index in [2.05, 4.69) is 15.6 Å². The van der Waals surface area contributed by atoms with Crippen LogP contribution in [0.15, 0.2) is 54.6 Å². The molecule has 0 unspecified atom stereocenters. The summed E-state index contributed by atoms with van der Waals surface area (Å²) in [5.41, 5.74) is 4.73. The molecule has 0 aliphatic carbocycles. The number of nitrogens with one attached hydrogen (secondary N) is 2. The number of H-pyrrole nitrogens is 1. The largest absolute Gasteiger partial charge is 0.290 e. The molecule has 2 aromatic carbocycles. The molecule has 2 N–H and O–H groups in total. The van der Waals surface area contributed by atoms with Crippen LogP contribution >= 0.6 is 12.2 Å². The normalized spacial score (nSPS) is 10.4. The zero-order valence-electron chi connectivity index (χ0n) is 11.3. The Bertz CT molecular complexity index is 855. The van der Waals surface area contributed by atoms with Crippen molar-refractivity contribution in [1.29, 1.82) is 0 Å². The van der Waals surface area contributed by atoms with Gasteiger partial charge in [0.1, 0.15) is 0 Å². The van der Waals surface area contributed by atoms with E-state index in [4.69, 9.17) is 12.2 Å². The van der Waals surface area contributed by atoms with Gasteiger partial charge in [0.25, 0.3) is 5.69 Å². The zero-order chi connectivity index (χ0) is 15.5. The molecule has 8 heteroatoms. The Hall–Kier alpha value is -3.00. The maximum absolute atomic E-state index is 10.7. The number of aromatic amines is 1. The average Bonchev–Trinajstić information content (AvgIpc) is 2.89. The first-order valence-corrected chi connectivity index (χ1v) is 6.80. The number of non-ortho nitro benzene ring substituents is 1. The van der Waals surface area contributed by atoms with Crippen molar-refractivity contribution in [2.45, 2.75) is 0 Å². The molecule has 3 rings (SSSR count). The number of nitro groups is 1. The van der Waals surface area contributed by atoms with Gasteiger partial charge in [-0.1, -0.05) is 18.2 Å². The summed E-state index contributed by atoms with van der Waals surface area (Å²) in [5.74, 6) is 0.545. The number of nitrogens with zero attached hydrogens (tertiary/aromatic N) is 3. The molecular weight excluding hydrogens is 302 g/mol. The molecule has 3 aromatic rings. The number of benzene rings is 2. The Balaban J connectivity index is 1.98. The van der Waals surface area contributed by atoms with Gasteiger partial charge in [0.2, 0.25) is 4.77 Å². The fourth-order valence-electron chi connectivity index (χ4n) is 1.97. The SMILES string of the molecule is O=[N+]([O-])c1ccc(-c2n[nH]c(=S)n2Nc2ccccc2)cc1. The Morgan fingerprint density at radius 2 is 1.82 bits per heavy atom. The van der Waals surface area contributed by atoms with Gasteiger partial charge in [-0.3, -0.25) is 15.5 Å². The van der Waals surface area contributed by atoms with Crippen LogP contribution in [0.2, 0.25) is 0 Å². The summed E-state index contributed by atoms with van der Waals surface area (Å²) in [7, 11) is 0. The van der Waals surface area contributed by atoms with E-state index in [9.17, 15) is 10.1 Å². The van der Waals surface area contributed by atoms with E-state index in [1.807, 2.05) is 30.3 Å². The first-order valence-electron chi connectivity index (χ1n) is 6.39. The summed E-state index contributed by atoms with van der Waals surface area (Å²) >= 11 is 5.21. The van der Waals surface area contributed by atoms with Crippen molar-refractivity contribution in [1.82, 2.24) is 14.9 Å². The standard InChI is InChI=1S/C14H11N5O2S/c20-19(21)12-8-6-10(7-9-12)13-15-16-14(22)18(13)17-11-4-2-1-3-5-11/h1-9,17H,(H,16,22). The lowest BCUT2D eigenvalue weighted by Crippen LogP contribution is -2.10. The zero-order valence-corrected chi connectivity index (χ0v) is 12.1. The Labute approximate surface area is 130 Å². The van der Waals surface area contributed by atoms with Crippen molar-refractivity contribution >= 4 is 23.6 Å². The van der Waals surface area contributed by atoms with Gasteiger partial charge in [-0.05, 0) is 36.5 Å². The molecular formula is C14H11N5O2S. The number of hydrogen-bond donors (Lipinski definition) is 2. The van der Waals surface area contributed by atoms with Crippen LogP contribution in [-0.4, -0.2) is 19.8 Å². The number of anilines is 1. The maximum atomic E-state index is 10.7. The van der Waals surface area contributed by atoms with Gasteiger partial charge < -0.3 is 0 Å². The minimum Gasteiger partial charge on any atom is -0.290 e. The highest BCUT2D eigenvalue weighted by molar-refractivity contribution is 7.71. The Morgan fingerprint density at radius 1 is 1.14 bits per heavy atom. The van der Waals surface area contributed by atoms with Crippen LogP contribution in [0, 0.1) is 14.9 Å². The van der Waals surface area contributed by atoms with Crippen molar-refractivity contribution in [2.24, 2.45) is 0 Å². The van der Waals surface area contributed by atoms with E-state index in [1.54, 1.807) is 16.8 Å². The summed E-state index contributed by atoms with van der Waals surface area (Å²) in [6.45, 7) is 0. The summed E-state index contributed by atoms with van der Waals surface area (Å²) in [6, 6.07) is 15.6. The molecule has 0 amide bonds. The third-order valence-electron chi connectivity index (χ3n) is 3.02. The number of aromatic nitrogens is 3. The average molecular weight is 313 g/mol. The van der Waals surface area contributed by atoms with E-state index in [-0.39, 0.29) is 5.69 Å². The number of rotatable bonds is 4. The van der Waals surface area contributed by atoms with Gasteiger partial charge in [0.15, 0.2) is 5.82 Å². The second-order valence-corrected chi connectivity index (χ2v) is 4.86. The second kappa shape index (κ2) is 5.78. The van der Waals surface area contributed by atoms with Crippen molar-refractivity contribution in [2.75, 3.05) is 5.43 Å². The van der Waals surface area contributed by atoms with Gasteiger partial charge in [-0.2, -0.15) is 5.10 Å². The summed E-state index contributed by atoms with van der Waals surface area (Å²) in [4.78, 5) is 10.3. The third kappa shape index (κ3) is 2.72. The second-order valence-electron chi connectivity index (χ2n) is 4.47. The fraction of sp³-hybridized carbons (Fsp3) is 0. The molecule has 0 bridgehead atoms. The fourth-order valence-corrected chi connectivity index (χ4v) is 2.15. The maximum Gasteiger partial charge on any atom is 0.269 e.